The van der Waals surface area contributed by atoms with E-state index >= 15 is 0 Å². The van der Waals surface area contributed by atoms with Gasteiger partial charge in [0.25, 0.3) is 0 Å². The van der Waals surface area contributed by atoms with Crippen molar-refractivity contribution in [2.24, 2.45) is 0 Å². The minimum Gasteiger partial charge on any atom is -0.393 e. The van der Waals surface area contributed by atoms with Crippen molar-refractivity contribution < 1.29 is 10.2 Å². The minimum atomic E-state index is -0.868. The largest absolute Gasteiger partial charge is 0.393 e. The van der Waals surface area contributed by atoms with Crippen LogP contribution in [0.1, 0.15) is 24.8 Å². The first-order valence-corrected chi connectivity index (χ1v) is 6.16. The third-order valence-electron chi connectivity index (χ3n) is 3.46. The average Bonchev–Trinajstić information content (AvgIpc) is 2.54. The molecule has 0 saturated carbocycles. The number of nitrogens with zero attached hydrogens (tertiary/aromatic N) is 2. The molecule has 1 aliphatic rings. The molecule has 0 aromatic carbocycles. The zero-order valence-electron chi connectivity index (χ0n) is 10.0. The van der Waals surface area contributed by atoms with Gasteiger partial charge in [-0.05, 0) is 43.5 Å². The van der Waals surface area contributed by atoms with Crippen LogP contribution in [0.15, 0.2) is 24.5 Å². The Labute approximate surface area is 102 Å². The van der Waals surface area contributed by atoms with Gasteiger partial charge < -0.3 is 10.2 Å². The van der Waals surface area contributed by atoms with Gasteiger partial charge >= 0.3 is 0 Å². The Morgan fingerprint density at radius 3 is 2.71 bits per heavy atom. The van der Waals surface area contributed by atoms with E-state index in [1.54, 1.807) is 12.4 Å². The molecule has 1 aromatic rings. The van der Waals surface area contributed by atoms with Crippen LogP contribution in [0.4, 0.5) is 0 Å². The Morgan fingerprint density at radius 2 is 2.00 bits per heavy atom. The molecule has 0 bridgehead atoms. The summed E-state index contributed by atoms with van der Waals surface area (Å²) in [5.74, 6) is 0. The molecule has 0 aliphatic carbocycles. The fourth-order valence-electron chi connectivity index (χ4n) is 2.30. The topological polar surface area (TPSA) is 56.6 Å². The molecule has 0 radical (unpaired) electrons. The molecule has 4 nitrogen and oxygen atoms in total. The van der Waals surface area contributed by atoms with E-state index in [0.717, 1.165) is 26.1 Å². The molecule has 1 atom stereocenters. The molecule has 0 amide bonds. The second kappa shape index (κ2) is 5.58. The first-order chi connectivity index (χ1) is 8.22. The molecule has 1 aliphatic heterocycles. The van der Waals surface area contributed by atoms with Crippen LogP contribution in [-0.2, 0) is 6.54 Å². The summed E-state index contributed by atoms with van der Waals surface area (Å²) >= 11 is 0. The fourth-order valence-corrected chi connectivity index (χ4v) is 2.30. The van der Waals surface area contributed by atoms with Gasteiger partial charge in [0.1, 0.15) is 0 Å². The molecule has 94 valence electrons. The molecule has 2 heterocycles. The third-order valence-corrected chi connectivity index (χ3v) is 3.46. The van der Waals surface area contributed by atoms with Gasteiger partial charge in [0, 0.05) is 25.5 Å². The third kappa shape index (κ3) is 3.49. The lowest BCUT2D eigenvalue weighted by atomic mass is 9.96. The highest BCUT2D eigenvalue weighted by atomic mass is 16.3. The molecule has 1 fully saturated rings. The van der Waals surface area contributed by atoms with Crippen molar-refractivity contribution in [3.63, 3.8) is 0 Å². The van der Waals surface area contributed by atoms with E-state index < -0.39 is 5.60 Å². The Kier molecular flexibility index (Phi) is 4.10. The normalized spacial score (nSPS) is 26.7. The molecule has 0 spiro atoms. The van der Waals surface area contributed by atoms with Gasteiger partial charge in [0.2, 0.25) is 0 Å². The maximum absolute atomic E-state index is 10.1. The number of pyridine rings is 1. The molecular weight excluding hydrogens is 216 g/mol. The second-order valence-electron chi connectivity index (χ2n) is 4.87. The molecule has 1 unspecified atom stereocenters. The van der Waals surface area contributed by atoms with Gasteiger partial charge in [-0.1, -0.05) is 0 Å². The molecule has 2 N–H and O–H groups in total. The zero-order valence-corrected chi connectivity index (χ0v) is 10.0. The number of aliphatic hydroxyl groups is 2. The second-order valence-corrected chi connectivity index (χ2v) is 4.87. The van der Waals surface area contributed by atoms with Crippen molar-refractivity contribution >= 4 is 0 Å². The summed E-state index contributed by atoms with van der Waals surface area (Å²) in [6.45, 7) is 2.57. The lowest BCUT2D eigenvalue weighted by Crippen LogP contribution is -2.34. The molecular formula is C13H20N2O2. The van der Waals surface area contributed by atoms with Crippen LogP contribution < -0.4 is 0 Å². The smallest absolute Gasteiger partial charge is 0.0890 e. The monoisotopic (exact) mass is 236 g/mol. The standard InChI is InChI=1S/C13H20N2O2/c16-11-13(17)4-1-8-15(9-5-13)10-12-2-6-14-7-3-12/h2-3,6-7,16-17H,1,4-5,8-11H2. The van der Waals surface area contributed by atoms with Gasteiger partial charge in [0.15, 0.2) is 0 Å². The maximum atomic E-state index is 10.1. The highest BCUT2D eigenvalue weighted by Crippen LogP contribution is 2.22. The van der Waals surface area contributed by atoms with Crippen LogP contribution in [0.5, 0.6) is 0 Å². The van der Waals surface area contributed by atoms with E-state index in [1.807, 2.05) is 12.1 Å². The van der Waals surface area contributed by atoms with Gasteiger partial charge in [0.05, 0.1) is 12.2 Å². The van der Waals surface area contributed by atoms with Crippen LogP contribution >= 0.6 is 0 Å². The molecule has 1 aromatic heterocycles. The number of aliphatic hydroxyl groups excluding tert-OH is 1. The van der Waals surface area contributed by atoms with Crippen molar-refractivity contribution in [2.75, 3.05) is 19.7 Å². The number of hydrogen-bond donors (Lipinski definition) is 2. The molecule has 2 rings (SSSR count). The van der Waals surface area contributed by atoms with E-state index in [4.69, 9.17) is 0 Å². The lowest BCUT2D eigenvalue weighted by molar-refractivity contribution is -0.0255. The predicted octanol–water partition coefficient (Wildman–Crippen LogP) is 0.791. The van der Waals surface area contributed by atoms with Gasteiger partial charge in [-0.2, -0.15) is 0 Å². The molecule has 1 saturated heterocycles. The van der Waals surface area contributed by atoms with E-state index in [2.05, 4.69) is 9.88 Å². The fraction of sp³-hybridized carbons (Fsp3) is 0.615. The van der Waals surface area contributed by atoms with Crippen molar-refractivity contribution in [2.45, 2.75) is 31.4 Å². The molecule has 4 heteroatoms. The van der Waals surface area contributed by atoms with Crippen molar-refractivity contribution in [3.05, 3.63) is 30.1 Å². The van der Waals surface area contributed by atoms with Crippen molar-refractivity contribution in [1.82, 2.24) is 9.88 Å². The van der Waals surface area contributed by atoms with Crippen LogP contribution in [0, 0.1) is 0 Å². The zero-order chi connectivity index (χ0) is 12.1. The number of likely N-dealkylation sites (tertiary alicyclic amines) is 1. The van der Waals surface area contributed by atoms with Gasteiger partial charge in [-0.25, -0.2) is 0 Å². The van der Waals surface area contributed by atoms with Gasteiger partial charge in [-0.3, -0.25) is 9.88 Å². The summed E-state index contributed by atoms with van der Waals surface area (Å²) in [6, 6.07) is 4.03. The van der Waals surface area contributed by atoms with E-state index in [0.29, 0.717) is 12.8 Å². The highest BCUT2D eigenvalue weighted by Gasteiger charge is 2.29. The Morgan fingerprint density at radius 1 is 1.24 bits per heavy atom. The summed E-state index contributed by atoms with van der Waals surface area (Å²) < 4.78 is 0. The van der Waals surface area contributed by atoms with Crippen LogP contribution in [0.2, 0.25) is 0 Å². The number of rotatable bonds is 3. The average molecular weight is 236 g/mol. The highest BCUT2D eigenvalue weighted by molar-refractivity contribution is 5.09. The Hall–Kier alpha value is -0.970. The van der Waals surface area contributed by atoms with E-state index in [1.165, 1.54) is 5.56 Å². The summed E-state index contributed by atoms with van der Waals surface area (Å²) in [5, 5.41) is 19.2. The summed E-state index contributed by atoms with van der Waals surface area (Å²) in [4.78, 5) is 6.32. The quantitative estimate of drug-likeness (QED) is 0.814. The van der Waals surface area contributed by atoms with E-state index in [-0.39, 0.29) is 6.61 Å². The van der Waals surface area contributed by atoms with Crippen molar-refractivity contribution in [3.8, 4) is 0 Å². The maximum Gasteiger partial charge on any atom is 0.0890 e. The summed E-state index contributed by atoms with van der Waals surface area (Å²) in [5.41, 5.74) is 0.377. The number of aromatic nitrogens is 1. The first-order valence-electron chi connectivity index (χ1n) is 6.16. The van der Waals surface area contributed by atoms with Crippen molar-refractivity contribution in [1.29, 1.82) is 0 Å². The SMILES string of the molecule is OCC1(O)CCCN(Cc2ccncc2)CC1. The Bertz CT molecular complexity index is 345. The van der Waals surface area contributed by atoms with Crippen LogP contribution in [0.25, 0.3) is 0 Å². The molecule has 17 heavy (non-hydrogen) atoms. The first kappa shape index (κ1) is 12.5. The summed E-state index contributed by atoms with van der Waals surface area (Å²) in [6.07, 6.45) is 5.88. The van der Waals surface area contributed by atoms with Crippen LogP contribution in [0.3, 0.4) is 0 Å². The summed E-state index contributed by atoms with van der Waals surface area (Å²) in [7, 11) is 0. The lowest BCUT2D eigenvalue weighted by Gasteiger charge is -2.24. The van der Waals surface area contributed by atoms with E-state index in [9.17, 15) is 10.2 Å². The number of hydrogen-bond acceptors (Lipinski definition) is 4. The van der Waals surface area contributed by atoms with Gasteiger partial charge in [-0.15, -0.1) is 0 Å². The van der Waals surface area contributed by atoms with Crippen LogP contribution in [-0.4, -0.2) is 45.4 Å². The Balaban J connectivity index is 1.91. The predicted molar refractivity (Wildman–Crippen MR) is 65.4 cm³/mol. The minimum absolute atomic E-state index is 0.129.